The van der Waals surface area contributed by atoms with Crippen LogP contribution in [0.3, 0.4) is 0 Å². The van der Waals surface area contributed by atoms with Crippen molar-refractivity contribution in [2.75, 3.05) is 47.6 Å². The van der Waals surface area contributed by atoms with Crippen molar-refractivity contribution in [1.82, 2.24) is 25.3 Å². The summed E-state index contributed by atoms with van der Waals surface area (Å²) in [5, 5.41) is 16.0. The number of nitrogens with zero attached hydrogens (tertiary/aromatic N) is 3. The number of hydrogen-bond donors (Lipinski definition) is 3. The first kappa shape index (κ1) is 43.3. The Bertz CT molecular complexity index is 1240. The molecule has 284 valence electrons. The van der Waals surface area contributed by atoms with E-state index in [-0.39, 0.29) is 77.3 Å². The van der Waals surface area contributed by atoms with Crippen LogP contribution in [0.5, 0.6) is 5.75 Å². The van der Waals surface area contributed by atoms with Crippen molar-refractivity contribution in [3.05, 3.63) is 29.8 Å². The van der Waals surface area contributed by atoms with E-state index in [0.717, 1.165) is 24.8 Å². The number of carbonyl (C=O) groups excluding carboxylic acids is 4. The maximum Gasteiger partial charge on any atom is 0.245 e. The standard InChI is InChI=1S/C38H65N5O6S/c1-12-26(6)36(42(9)38(48)34(24(2)3)40-37(47)35(25(4)5)41(7)8)30(49-10)22-33(46)43-21-15-17-28(43)31(50-11)23-32(45)39-20-19-27-16-13-14-18-29(27)44/h13-14,16,18,24-26,28,30-31,34-36,44H,12,15,17,19-23H2,1-11H3,(H,39,45)(H,40,47). The van der Waals surface area contributed by atoms with E-state index in [4.69, 9.17) is 4.74 Å². The number of likely N-dealkylation sites (N-methyl/N-ethyl adjacent to an activating group) is 2. The van der Waals surface area contributed by atoms with Crippen LogP contribution in [-0.2, 0) is 30.3 Å². The minimum atomic E-state index is -0.733. The zero-order valence-electron chi connectivity index (χ0n) is 32.4. The summed E-state index contributed by atoms with van der Waals surface area (Å²) in [5.74, 6) is -0.371. The van der Waals surface area contributed by atoms with Gasteiger partial charge in [0.25, 0.3) is 0 Å². The van der Waals surface area contributed by atoms with E-state index < -0.39 is 18.2 Å². The summed E-state index contributed by atoms with van der Waals surface area (Å²) in [4.78, 5) is 60.0. The number of rotatable bonds is 20. The SMILES string of the molecule is CCC(C)C(C(CC(=O)N1CCCC1C(CC(=O)NCCc1ccccc1O)SC)OC)N(C)C(=O)C(NC(=O)C(C(C)C)N(C)C)C(C)C. The average molecular weight is 720 g/mol. The molecule has 1 aromatic rings. The van der Waals surface area contributed by atoms with Crippen LogP contribution in [0, 0.1) is 17.8 Å². The largest absolute Gasteiger partial charge is 0.508 e. The number of carbonyl (C=O) groups is 4. The summed E-state index contributed by atoms with van der Waals surface area (Å²) in [7, 11) is 7.07. The van der Waals surface area contributed by atoms with Gasteiger partial charge in [0.2, 0.25) is 23.6 Å². The molecule has 3 N–H and O–H groups in total. The van der Waals surface area contributed by atoms with Gasteiger partial charge < -0.3 is 30.3 Å². The van der Waals surface area contributed by atoms with Crippen LogP contribution in [0.4, 0.5) is 0 Å². The Morgan fingerprint density at radius 3 is 2.24 bits per heavy atom. The number of aromatic hydroxyl groups is 1. The molecule has 1 aliphatic rings. The normalized spacial score (nSPS) is 18.4. The quantitative estimate of drug-likeness (QED) is 0.183. The van der Waals surface area contributed by atoms with Crippen LogP contribution in [0.2, 0.25) is 0 Å². The minimum Gasteiger partial charge on any atom is -0.508 e. The number of likely N-dealkylation sites (tertiary alicyclic amines) is 1. The van der Waals surface area contributed by atoms with Gasteiger partial charge in [-0.2, -0.15) is 11.8 Å². The summed E-state index contributed by atoms with van der Waals surface area (Å²) >= 11 is 1.60. The Morgan fingerprint density at radius 2 is 1.70 bits per heavy atom. The van der Waals surface area contributed by atoms with Crippen molar-refractivity contribution < 1.29 is 29.0 Å². The zero-order valence-corrected chi connectivity index (χ0v) is 33.2. The lowest BCUT2D eigenvalue weighted by atomic mass is 9.89. The highest BCUT2D eigenvalue weighted by Crippen LogP contribution is 2.31. The molecule has 0 spiro atoms. The molecule has 0 saturated carbocycles. The first-order chi connectivity index (χ1) is 23.6. The smallest absolute Gasteiger partial charge is 0.245 e. The molecule has 0 radical (unpaired) electrons. The number of ether oxygens (including phenoxy) is 1. The van der Waals surface area contributed by atoms with Gasteiger partial charge in [0.1, 0.15) is 11.8 Å². The maximum atomic E-state index is 14.2. The summed E-state index contributed by atoms with van der Waals surface area (Å²) in [6.45, 7) is 13.0. The molecule has 1 aliphatic heterocycles. The molecule has 2 rings (SSSR count). The van der Waals surface area contributed by atoms with Crippen molar-refractivity contribution >= 4 is 35.4 Å². The highest BCUT2D eigenvalue weighted by molar-refractivity contribution is 7.99. The topological polar surface area (TPSA) is 132 Å². The first-order valence-corrected chi connectivity index (χ1v) is 19.5. The lowest BCUT2D eigenvalue weighted by Gasteiger charge is -2.41. The second kappa shape index (κ2) is 20.9. The number of hydrogen-bond acceptors (Lipinski definition) is 8. The Kier molecular flexibility index (Phi) is 18.1. The van der Waals surface area contributed by atoms with Crippen LogP contribution >= 0.6 is 11.8 Å². The van der Waals surface area contributed by atoms with Crippen LogP contribution in [-0.4, -0.2) is 127 Å². The predicted octanol–water partition coefficient (Wildman–Crippen LogP) is 4.17. The molecule has 1 fully saturated rings. The van der Waals surface area contributed by atoms with Gasteiger partial charge in [-0.25, -0.2) is 0 Å². The molecule has 12 heteroatoms. The van der Waals surface area contributed by atoms with Crippen molar-refractivity contribution in [1.29, 1.82) is 0 Å². The number of amides is 4. The zero-order chi connectivity index (χ0) is 37.7. The van der Waals surface area contributed by atoms with Crippen molar-refractivity contribution in [3.8, 4) is 5.75 Å². The number of para-hydroxylation sites is 1. The fraction of sp³-hybridized carbons (Fsp3) is 0.737. The van der Waals surface area contributed by atoms with Gasteiger partial charge in [-0.15, -0.1) is 0 Å². The van der Waals surface area contributed by atoms with Crippen molar-refractivity contribution in [2.24, 2.45) is 17.8 Å². The minimum absolute atomic E-state index is 0.0187. The molecule has 0 aliphatic carbocycles. The molecule has 1 heterocycles. The van der Waals surface area contributed by atoms with E-state index >= 15 is 0 Å². The highest BCUT2D eigenvalue weighted by Gasteiger charge is 2.41. The lowest BCUT2D eigenvalue weighted by Crippen LogP contribution is -2.59. The molecule has 11 nitrogen and oxygen atoms in total. The summed E-state index contributed by atoms with van der Waals surface area (Å²) in [6, 6.07) is 5.51. The molecule has 0 aromatic heterocycles. The summed E-state index contributed by atoms with van der Waals surface area (Å²) in [5.41, 5.74) is 0.783. The first-order valence-electron chi connectivity index (χ1n) is 18.2. The number of benzene rings is 1. The van der Waals surface area contributed by atoms with E-state index in [0.29, 0.717) is 19.5 Å². The Morgan fingerprint density at radius 1 is 1.04 bits per heavy atom. The second-order valence-corrected chi connectivity index (χ2v) is 15.8. The second-order valence-electron chi connectivity index (χ2n) is 14.7. The molecule has 1 aromatic carbocycles. The van der Waals surface area contributed by atoms with Crippen LogP contribution in [0.25, 0.3) is 0 Å². The number of thioether (sulfide) groups is 1. The molecule has 50 heavy (non-hydrogen) atoms. The van der Waals surface area contributed by atoms with Crippen LogP contribution in [0.15, 0.2) is 24.3 Å². The molecule has 7 unspecified atom stereocenters. The van der Waals surface area contributed by atoms with E-state index in [9.17, 15) is 24.3 Å². The van der Waals surface area contributed by atoms with Gasteiger partial charge in [0.05, 0.1) is 24.6 Å². The maximum absolute atomic E-state index is 14.2. The van der Waals surface area contributed by atoms with Gasteiger partial charge in [-0.1, -0.05) is 66.2 Å². The Balaban J connectivity index is 2.17. The molecule has 7 atom stereocenters. The number of methoxy groups -OCH3 is 1. The molecule has 0 bridgehead atoms. The van der Waals surface area contributed by atoms with E-state index in [1.165, 1.54) is 0 Å². The number of nitrogens with one attached hydrogen (secondary N) is 2. The monoisotopic (exact) mass is 719 g/mol. The molecule has 1 saturated heterocycles. The van der Waals surface area contributed by atoms with Crippen LogP contribution in [0.1, 0.15) is 79.2 Å². The lowest BCUT2D eigenvalue weighted by molar-refractivity contribution is -0.146. The van der Waals surface area contributed by atoms with E-state index in [1.807, 2.05) is 70.0 Å². The van der Waals surface area contributed by atoms with Crippen molar-refractivity contribution in [2.45, 2.75) is 116 Å². The third-order valence-corrected chi connectivity index (χ3v) is 11.3. The molecular formula is C38H65N5O6S. The van der Waals surface area contributed by atoms with E-state index in [1.54, 1.807) is 43.0 Å². The molecular weight excluding hydrogens is 655 g/mol. The number of phenols is 1. The van der Waals surface area contributed by atoms with Gasteiger partial charge in [-0.05, 0) is 69.0 Å². The van der Waals surface area contributed by atoms with Gasteiger partial charge in [0, 0.05) is 45.0 Å². The van der Waals surface area contributed by atoms with Gasteiger partial charge >= 0.3 is 0 Å². The predicted molar refractivity (Wildman–Crippen MR) is 202 cm³/mol. The third kappa shape index (κ3) is 11.9. The van der Waals surface area contributed by atoms with Crippen molar-refractivity contribution in [3.63, 3.8) is 0 Å². The van der Waals surface area contributed by atoms with E-state index in [2.05, 4.69) is 24.5 Å². The Labute approximate surface area is 305 Å². The fourth-order valence-electron chi connectivity index (χ4n) is 7.30. The summed E-state index contributed by atoms with van der Waals surface area (Å²) in [6.07, 6.45) is 4.76. The summed E-state index contributed by atoms with van der Waals surface area (Å²) < 4.78 is 6.01. The Hall–Kier alpha value is -2.83. The van der Waals surface area contributed by atoms with Crippen LogP contribution < -0.4 is 10.6 Å². The molecule has 4 amide bonds. The highest BCUT2D eigenvalue weighted by atomic mass is 32.2. The third-order valence-electron chi connectivity index (χ3n) is 10.2. The van der Waals surface area contributed by atoms with Gasteiger partial charge in [-0.3, -0.25) is 24.1 Å². The number of phenolic OH excluding ortho intramolecular Hbond substituents is 1. The van der Waals surface area contributed by atoms with Gasteiger partial charge in [0.15, 0.2) is 0 Å². The average Bonchev–Trinajstić information content (AvgIpc) is 3.55. The fourth-order valence-corrected chi connectivity index (χ4v) is 8.22.